The molecule has 7 atom stereocenters. The van der Waals surface area contributed by atoms with E-state index < -0.39 is 0 Å². The van der Waals surface area contributed by atoms with Crippen LogP contribution in [0.3, 0.4) is 0 Å². The predicted octanol–water partition coefficient (Wildman–Crippen LogP) is 5.66. The van der Waals surface area contributed by atoms with Crippen molar-refractivity contribution in [3.05, 3.63) is 0 Å². The third kappa shape index (κ3) is 2.14. The molecule has 1 heteroatoms. The molecule has 0 radical (unpaired) electrons. The lowest BCUT2D eigenvalue weighted by molar-refractivity contribution is -0.129. The van der Waals surface area contributed by atoms with Gasteiger partial charge in [0, 0.05) is 6.61 Å². The molecule has 0 saturated heterocycles. The third-order valence-corrected chi connectivity index (χ3v) is 10.0. The molecule has 132 valence electrons. The molecule has 0 heterocycles. The molecule has 0 aromatic carbocycles. The summed E-state index contributed by atoms with van der Waals surface area (Å²) in [5.74, 6) is 4.47. The zero-order valence-electron chi connectivity index (χ0n) is 15.9. The molecular weight excluding hydrogens is 280 g/mol. The lowest BCUT2D eigenvalue weighted by Crippen LogP contribution is -2.54. The highest BCUT2D eigenvalue weighted by Gasteiger charge is 2.61. The van der Waals surface area contributed by atoms with Gasteiger partial charge in [-0.2, -0.15) is 0 Å². The summed E-state index contributed by atoms with van der Waals surface area (Å²) in [5, 5.41) is 9.61. The number of hydrogen-bond donors (Lipinski definition) is 1. The molecule has 7 unspecified atom stereocenters. The highest BCUT2D eigenvalue weighted by Crippen LogP contribution is 2.70. The molecule has 4 rings (SSSR count). The molecule has 1 nitrogen and oxygen atoms in total. The maximum Gasteiger partial charge on any atom is 0.0459 e. The molecular formula is C22H38O. The van der Waals surface area contributed by atoms with Crippen molar-refractivity contribution >= 4 is 0 Å². The van der Waals surface area contributed by atoms with Crippen molar-refractivity contribution in [1.29, 1.82) is 0 Å². The molecule has 0 aliphatic heterocycles. The van der Waals surface area contributed by atoms with E-state index in [9.17, 15) is 5.11 Å². The summed E-state index contributed by atoms with van der Waals surface area (Å²) < 4.78 is 0. The van der Waals surface area contributed by atoms with Crippen LogP contribution in [0.5, 0.6) is 0 Å². The minimum atomic E-state index is 0.426. The molecule has 4 aliphatic carbocycles. The van der Waals surface area contributed by atoms with Crippen molar-refractivity contribution in [3.8, 4) is 0 Å². The van der Waals surface area contributed by atoms with Crippen LogP contribution in [0.15, 0.2) is 0 Å². The summed E-state index contributed by atoms with van der Waals surface area (Å²) in [7, 11) is 0. The number of aliphatic hydroxyl groups excluding tert-OH is 1. The second kappa shape index (κ2) is 5.23. The Labute approximate surface area is 143 Å². The van der Waals surface area contributed by atoms with E-state index in [-0.39, 0.29) is 0 Å². The van der Waals surface area contributed by atoms with E-state index in [0.29, 0.717) is 28.8 Å². The van der Waals surface area contributed by atoms with E-state index in [2.05, 4.69) is 27.7 Å². The number of rotatable bonds is 1. The van der Waals surface area contributed by atoms with Crippen molar-refractivity contribution in [3.63, 3.8) is 0 Å². The zero-order valence-corrected chi connectivity index (χ0v) is 15.9. The Kier molecular flexibility index (Phi) is 3.73. The second-order valence-corrected chi connectivity index (χ2v) is 10.9. The van der Waals surface area contributed by atoms with Crippen LogP contribution >= 0.6 is 0 Å². The molecule has 0 amide bonds. The number of hydrogen-bond acceptors (Lipinski definition) is 1. The van der Waals surface area contributed by atoms with Gasteiger partial charge in [-0.25, -0.2) is 0 Å². The van der Waals surface area contributed by atoms with Crippen LogP contribution in [0, 0.1) is 45.8 Å². The third-order valence-electron chi connectivity index (χ3n) is 10.0. The summed E-state index contributed by atoms with van der Waals surface area (Å²) in [4.78, 5) is 0. The molecule has 4 aliphatic rings. The van der Waals surface area contributed by atoms with Crippen molar-refractivity contribution in [2.75, 3.05) is 6.61 Å². The summed E-state index contributed by atoms with van der Waals surface area (Å²) in [6.07, 6.45) is 12.8. The predicted molar refractivity (Wildman–Crippen MR) is 96.1 cm³/mol. The minimum absolute atomic E-state index is 0.426. The van der Waals surface area contributed by atoms with E-state index in [0.717, 1.165) is 23.7 Å². The van der Waals surface area contributed by atoms with Crippen molar-refractivity contribution < 1.29 is 5.11 Å². The smallest absolute Gasteiger partial charge is 0.0459 e. The van der Waals surface area contributed by atoms with Gasteiger partial charge in [0.1, 0.15) is 0 Å². The number of fused-ring (bicyclic) bond motifs is 5. The Morgan fingerprint density at radius 3 is 2.30 bits per heavy atom. The molecule has 0 aromatic rings. The molecule has 1 N–H and O–H groups in total. The fraction of sp³-hybridized carbons (Fsp3) is 1.00. The SMILES string of the molecule is CC12CCC(CO)CC1CCC1C2CCC2(C)C1CCC2(C)C. The first-order valence-electron chi connectivity index (χ1n) is 10.4. The molecule has 4 saturated carbocycles. The van der Waals surface area contributed by atoms with E-state index >= 15 is 0 Å². The van der Waals surface area contributed by atoms with Crippen molar-refractivity contribution in [1.82, 2.24) is 0 Å². The van der Waals surface area contributed by atoms with Gasteiger partial charge in [0.25, 0.3) is 0 Å². The van der Waals surface area contributed by atoms with E-state index in [1.54, 1.807) is 0 Å². The average Bonchev–Trinajstić information content (AvgIpc) is 2.77. The van der Waals surface area contributed by atoms with E-state index in [1.165, 1.54) is 57.8 Å². The average molecular weight is 319 g/mol. The van der Waals surface area contributed by atoms with Crippen molar-refractivity contribution in [2.45, 2.75) is 85.5 Å². The Bertz CT molecular complexity index is 469. The summed E-state index contributed by atoms with van der Waals surface area (Å²) >= 11 is 0. The summed E-state index contributed by atoms with van der Waals surface area (Å²) in [6.45, 7) is 10.8. The van der Waals surface area contributed by atoms with Crippen LogP contribution in [0.25, 0.3) is 0 Å². The Morgan fingerprint density at radius 1 is 0.826 bits per heavy atom. The molecule has 0 bridgehead atoms. The maximum atomic E-state index is 9.61. The van der Waals surface area contributed by atoms with Crippen LogP contribution in [-0.2, 0) is 0 Å². The van der Waals surface area contributed by atoms with Crippen LogP contribution in [0.2, 0.25) is 0 Å². The topological polar surface area (TPSA) is 20.2 Å². The van der Waals surface area contributed by atoms with Gasteiger partial charge in [-0.15, -0.1) is 0 Å². The lowest BCUT2D eigenvalue weighted by Gasteiger charge is -2.62. The summed E-state index contributed by atoms with van der Waals surface area (Å²) in [5.41, 5.74) is 1.73. The maximum absolute atomic E-state index is 9.61. The lowest BCUT2D eigenvalue weighted by atomic mass is 9.43. The van der Waals surface area contributed by atoms with Crippen molar-refractivity contribution in [2.24, 2.45) is 45.8 Å². The van der Waals surface area contributed by atoms with Gasteiger partial charge in [0.15, 0.2) is 0 Å². The largest absolute Gasteiger partial charge is 0.396 e. The Balaban J connectivity index is 1.60. The van der Waals surface area contributed by atoms with Gasteiger partial charge < -0.3 is 5.11 Å². The van der Waals surface area contributed by atoms with Gasteiger partial charge in [-0.05, 0) is 104 Å². The standard InChI is InChI=1S/C22H38O/c1-20(2)10-8-19-17-6-5-16-13-15(14-23)7-11-21(16,3)18(17)9-12-22(19,20)4/h15-19,23H,5-14H2,1-4H3. The first kappa shape index (κ1) is 16.4. The monoisotopic (exact) mass is 318 g/mol. The van der Waals surface area contributed by atoms with Crippen LogP contribution in [-0.4, -0.2) is 11.7 Å². The van der Waals surface area contributed by atoms with Gasteiger partial charge in [-0.3, -0.25) is 0 Å². The fourth-order valence-electron chi connectivity index (χ4n) is 8.01. The Hall–Kier alpha value is -0.0400. The van der Waals surface area contributed by atoms with Gasteiger partial charge in [0.05, 0.1) is 0 Å². The second-order valence-electron chi connectivity index (χ2n) is 10.9. The molecule has 0 spiro atoms. The Morgan fingerprint density at radius 2 is 1.57 bits per heavy atom. The molecule has 23 heavy (non-hydrogen) atoms. The quantitative estimate of drug-likeness (QED) is 0.661. The highest BCUT2D eigenvalue weighted by molar-refractivity contribution is 5.11. The normalized spacial score (nSPS) is 54.9. The van der Waals surface area contributed by atoms with Gasteiger partial charge in [-0.1, -0.05) is 27.7 Å². The fourth-order valence-corrected chi connectivity index (χ4v) is 8.01. The highest BCUT2D eigenvalue weighted by atomic mass is 16.3. The summed E-state index contributed by atoms with van der Waals surface area (Å²) in [6, 6.07) is 0. The van der Waals surface area contributed by atoms with Crippen LogP contribution in [0.1, 0.15) is 85.5 Å². The first-order valence-corrected chi connectivity index (χ1v) is 10.4. The first-order chi connectivity index (χ1) is 10.8. The van der Waals surface area contributed by atoms with E-state index in [4.69, 9.17) is 0 Å². The number of aliphatic hydroxyl groups is 1. The van der Waals surface area contributed by atoms with E-state index in [1.807, 2.05) is 0 Å². The molecule has 4 fully saturated rings. The van der Waals surface area contributed by atoms with Gasteiger partial charge >= 0.3 is 0 Å². The zero-order chi connectivity index (χ0) is 16.5. The van der Waals surface area contributed by atoms with Gasteiger partial charge in [0.2, 0.25) is 0 Å². The molecule has 0 aromatic heterocycles. The minimum Gasteiger partial charge on any atom is -0.396 e. The van der Waals surface area contributed by atoms with Crippen LogP contribution in [0.4, 0.5) is 0 Å². The van der Waals surface area contributed by atoms with Crippen LogP contribution < -0.4 is 0 Å².